The van der Waals surface area contributed by atoms with E-state index in [9.17, 15) is 0 Å². The highest BCUT2D eigenvalue weighted by atomic mass is 35.5. The number of benzene rings is 1. The van der Waals surface area contributed by atoms with E-state index in [0.29, 0.717) is 16.7 Å². The molecule has 0 saturated carbocycles. The molecule has 0 aliphatic carbocycles. The van der Waals surface area contributed by atoms with Crippen LogP contribution in [0.4, 0.5) is 5.82 Å². The fourth-order valence-corrected chi connectivity index (χ4v) is 1.91. The minimum atomic E-state index is 0.520. The largest absolute Gasteiger partial charge is 0.437 e. The lowest BCUT2D eigenvalue weighted by Crippen LogP contribution is -2.05. The first-order valence-corrected chi connectivity index (χ1v) is 6.99. The number of nitrogens with one attached hydrogen (secondary N) is 1. The zero-order valence-corrected chi connectivity index (χ0v) is 12.7. The van der Waals surface area contributed by atoms with E-state index in [1.807, 2.05) is 32.0 Å². The Morgan fingerprint density at radius 1 is 1.25 bits per heavy atom. The van der Waals surface area contributed by atoms with Gasteiger partial charge < -0.3 is 10.1 Å². The van der Waals surface area contributed by atoms with Gasteiger partial charge in [-0.05, 0) is 38.0 Å². The van der Waals surface area contributed by atoms with Crippen molar-refractivity contribution in [3.8, 4) is 11.6 Å². The van der Waals surface area contributed by atoms with Gasteiger partial charge in [-0.25, -0.2) is 9.97 Å². The van der Waals surface area contributed by atoms with E-state index in [-0.39, 0.29) is 0 Å². The molecule has 1 aromatic heterocycles. The minimum Gasteiger partial charge on any atom is -0.437 e. The Bertz CT molecular complexity index is 602. The molecule has 2 aromatic rings. The van der Waals surface area contributed by atoms with Gasteiger partial charge in [-0.15, -0.1) is 0 Å². The monoisotopic (exact) mass is 291 g/mol. The van der Waals surface area contributed by atoms with E-state index >= 15 is 0 Å². The average Bonchev–Trinajstić information content (AvgIpc) is 2.44. The molecule has 0 saturated heterocycles. The Morgan fingerprint density at radius 2 is 2.05 bits per heavy atom. The van der Waals surface area contributed by atoms with Gasteiger partial charge in [0.1, 0.15) is 17.9 Å². The van der Waals surface area contributed by atoms with Crippen LogP contribution < -0.4 is 10.1 Å². The molecule has 5 heteroatoms. The fraction of sp³-hybridized carbons (Fsp3) is 0.333. The van der Waals surface area contributed by atoms with Gasteiger partial charge in [0, 0.05) is 6.54 Å². The molecular formula is C15H18ClN3O. The van der Waals surface area contributed by atoms with Gasteiger partial charge in [0.05, 0.1) is 10.6 Å². The number of rotatable bonds is 5. The molecule has 0 aliphatic heterocycles. The third kappa shape index (κ3) is 3.39. The number of anilines is 1. The van der Waals surface area contributed by atoms with Crippen molar-refractivity contribution in [2.75, 3.05) is 11.9 Å². The van der Waals surface area contributed by atoms with E-state index in [1.165, 1.54) is 6.33 Å². The summed E-state index contributed by atoms with van der Waals surface area (Å²) in [5.41, 5.74) is 1.96. The SMILES string of the molecule is CCCNc1ncnc(Oc2cc(C)ccc2Cl)c1C. The Balaban J connectivity index is 2.27. The Morgan fingerprint density at radius 3 is 2.80 bits per heavy atom. The zero-order valence-electron chi connectivity index (χ0n) is 11.9. The minimum absolute atomic E-state index is 0.520. The van der Waals surface area contributed by atoms with E-state index in [0.717, 1.165) is 29.9 Å². The van der Waals surface area contributed by atoms with E-state index in [4.69, 9.17) is 16.3 Å². The number of aryl methyl sites for hydroxylation is 1. The van der Waals surface area contributed by atoms with Crippen molar-refractivity contribution in [1.29, 1.82) is 0 Å². The highest BCUT2D eigenvalue weighted by Crippen LogP contribution is 2.31. The maximum atomic E-state index is 6.14. The van der Waals surface area contributed by atoms with Crippen molar-refractivity contribution in [2.24, 2.45) is 0 Å². The zero-order chi connectivity index (χ0) is 14.5. The number of ether oxygens (including phenoxy) is 1. The van der Waals surface area contributed by atoms with Crippen molar-refractivity contribution in [2.45, 2.75) is 27.2 Å². The summed E-state index contributed by atoms with van der Waals surface area (Å²) in [7, 11) is 0. The molecule has 0 unspecified atom stereocenters. The first kappa shape index (κ1) is 14.6. The number of halogens is 1. The van der Waals surface area contributed by atoms with Crippen LogP contribution in [0.3, 0.4) is 0 Å². The summed E-state index contributed by atoms with van der Waals surface area (Å²) in [6.45, 7) is 6.89. The normalized spacial score (nSPS) is 10.4. The lowest BCUT2D eigenvalue weighted by molar-refractivity contribution is 0.457. The van der Waals surface area contributed by atoms with Crippen LogP contribution in [0.25, 0.3) is 0 Å². The van der Waals surface area contributed by atoms with Gasteiger partial charge in [-0.2, -0.15) is 0 Å². The number of aromatic nitrogens is 2. The maximum absolute atomic E-state index is 6.14. The molecule has 0 aliphatic rings. The van der Waals surface area contributed by atoms with Crippen molar-refractivity contribution < 1.29 is 4.74 Å². The maximum Gasteiger partial charge on any atom is 0.227 e. The molecule has 0 spiro atoms. The number of nitrogens with zero attached hydrogens (tertiary/aromatic N) is 2. The van der Waals surface area contributed by atoms with E-state index in [1.54, 1.807) is 0 Å². The topological polar surface area (TPSA) is 47.0 Å². The molecule has 106 valence electrons. The third-order valence-electron chi connectivity index (χ3n) is 2.87. The van der Waals surface area contributed by atoms with Gasteiger partial charge >= 0.3 is 0 Å². The lowest BCUT2D eigenvalue weighted by atomic mass is 10.2. The van der Waals surface area contributed by atoms with Gasteiger partial charge in [-0.1, -0.05) is 24.6 Å². The Kier molecular flexibility index (Phi) is 4.79. The molecule has 1 N–H and O–H groups in total. The quantitative estimate of drug-likeness (QED) is 0.889. The smallest absolute Gasteiger partial charge is 0.227 e. The van der Waals surface area contributed by atoms with Crippen LogP contribution >= 0.6 is 11.6 Å². The highest BCUT2D eigenvalue weighted by Gasteiger charge is 2.10. The summed E-state index contributed by atoms with van der Waals surface area (Å²) in [5, 5.41) is 3.82. The van der Waals surface area contributed by atoms with Crippen LogP contribution in [0.2, 0.25) is 5.02 Å². The Labute approximate surface area is 124 Å². The summed E-state index contributed by atoms with van der Waals surface area (Å²) in [4.78, 5) is 8.40. The molecule has 0 bridgehead atoms. The van der Waals surface area contributed by atoms with E-state index < -0.39 is 0 Å². The predicted octanol–water partition coefficient (Wildman–Crippen LogP) is 4.36. The molecule has 4 nitrogen and oxygen atoms in total. The predicted molar refractivity (Wildman–Crippen MR) is 81.8 cm³/mol. The molecule has 0 amide bonds. The van der Waals surface area contributed by atoms with Gasteiger partial charge in [0.15, 0.2) is 0 Å². The number of hydrogen-bond acceptors (Lipinski definition) is 4. The molecular weight excluding hydrogens is 274 g/mol. The van der Waals surface area contributed by atoms with Crippen molar-refractivity contribution in [3.63, 3.8) is 0 Å². The molecule has 1 heterocycles. The molecule has 0 radical (unpaired) electrons. The third-order valence-corrected chi connectivity index (χ3v) is 3.19. The fourth-order valence-electron chi connectivity index (χ4n) is 1.75. The van der Waals surface area contributed by atoms with Crippen LogP contribution in [-0.2, 0) is 0 Å². The highest BCUT2D eigenvalue weighted by molar-refractivity contribution is 6.32. The van der Waals surface area contributed by atoms with E-state index in [2.05, 4.69) is 22.2 Å². The summed E-state index contributed by atoms with van der Waals surface area (Å²) in [6.07, 6.45) is 2.52. The summed E-state index contributed by atoms with van der Waals surface area (Å²) in [5.74, 6) is 1.92. The second-order valence-electron chi connectivity index (χ2n) is 4.62. The second-order valence-corrected chi connectivity index (χ2v) is 5.02. The summed E-state index contributed by atoms with van der Waals surface area (Å²) >= 11 is 6.14. The molecule has 0 atom stereocenters. The standard InChI is InChI=1S/C15H18ClN3O/c1-4-7-17-14-11(3)15(19-9-18-14)20-13-8-10(2)5-6-12(13)16/h5-6,8-9H,4,7H2,1-3H3,(H,17,18,19). The molecule has 0 fully saturated rings. The summed E-state index contributed by atoms with van der Waals surface area (Å²) < 4.78 is 5.82. The van der Waals surface area contributed by atoms with Gasteiger partial charge in [-0.3, -0.25) is 0 Å². The Hall–Kier alpha value is -1.81. The van der Waals surface area contributed by atoms with Crippen LogP contribution in [-0.4, -0.2) is 16.5 Å². The lowest BCUT2D eigenvalue weighted by Gasteiger charge is -2.12. The first-order valence-electron chi connectivity index (χ1n) is 6.61. The molecule has 20 heavy (non-hydrogen) atoms. The van der Waals surface area contributed by atoms with Crippen LogP contribution in [0, 0.1) is 13.8 Å². The number of hydrogen-bond donors (Lipinski definition) is 1. The second kappa shape index (κ2) is 6.57. The van der Waals surface area contributed by atoms with Gasteiger partial charge in [0.2, 0.25) is 5.88 Å². The van der Waals surface area contributed by atoms with Gasteiger partial charge in [0.25, 0.3) is 0 Å². The van der Waals surface area contributed by atoms with Crippen LogP contribution in [0.1, 0.15) is 24.5 Å². The van der Waals surface area contributed by atoms with Crippen molar-refractivity contribution >= 4 is 17.4 Å². The summed E-state index contributed by atoms with van der Waals surface area (Å²) in [6, 6.07) is 5.65. The van der Waals surface area contributed by atoms with Crippen LogP contribution in [0.15, 0.2) is 24.5 Å². The van der Waals surface area contributed by atoms with Crippen molar-refractivity contribution in [1.82, 2.24) is 9.97 Å². The van der Waals surface area contributed by atoms with Crippen molar-refractivity contribution in [3.05, 3.63) is 40.7 Å². The molecule has 2 rings (SSSR count). The first-order chi connectivity index (χ1) is 9.61. The average molecular weight is 292 g/mol. The van der Waals surface area contributed by atoms with Crippen LogP contribution in [0.5, 0.6) is 11.6 Å². The molecule has 1 aromatic carbocycles.